The molecule has 0 fully saturated rings. The summed E-state index contributed by atoms with van der Waals surface area (Å²) in [6.07, 6.45) is 0. The molecule has 0 aliphatic carbocycles. The molecule has 4 rings (SSSR count). The van der Waals surface area contributed by atoms with E-state index in [0.29, 0.717) is 5.65 Å². The molecule has 2 aromatic carbocycles. The standard InChI is InChI=1S/C19H18N6/c1-14(20-17-12-13-18-21-23-24-25(18)22-17)19(15-8-4-2-5-9-15)16-10-6-3-7-11-16/h2-14,19H,1H3,(H,20,22)/t14-/m0/s1. The summed E-state index contributed by atoms with van der Waals surface area (Å²) in [4.78, 5) is 0. The Labute approximate surface area is 145 Å². The second-order valence-corrected chi connectivity index (χ2v) is 5.98. The predicted molar refractivity (Wildman–Crippen MR) is 96.4 cm³/mol. The van der Waals surface area contributed by atoms with Gasteiger partial charge in [0.25, 0.3) is 0 Å². The Hall–Kier alpha value is -3.28. The van der Waals surface area contributed by atoms with Gasteiger partial charge in [0.2, 0.25) is 0 Å². The molecule has 6 nitrogen and oxygen atoms in total. The number of anilines is 1. The number of nitrogens with one attached hydrogen (secondary N) is 1. The van der Waals surface area contributed by atoms with Crippen molar-refractivity contribution in [3.63, 3.8) is 0 Å². The molecule has 0 aliphatic heterocycles. The molecule has 0 radical (unpaired) electrons. The molecular weight excluding hydrogens is 312 g/mol. The van der Waals surface area contributed by atoms with Gasteiger partial charge in [-0.1, -0.05) is 60.7 Å². The van der Waals surface area contributed by atoms with E-state index in [1.807, 2.05) is 24.3 Å². The minimum absolute atomic E-state index is 0.131. The normalized spacial score (nSPS) is 12.4. The van der Waals surface area contributed by atoms with Crippen LogP contribution in [-0.2, 0) is 0 Å². The molecule has 1 atom stereocenters. The van der Waals surface area contributed by atoms with E-state index in [4.69, 9.17) is 0 Å². The lowest BCUT2D eigenvalue weighted by molar-refractivity contribution is 0.670. The molecule has 2 heterocycles. The van der Waals surface area contributed by atoms with Crippen LogP contribution in [0.25, 0.3) is 5.65 Å². The second kappa shape index (κ2) is 6.68. The Kier molecular flexibility index (Phi) is 4.08. The Balaban J connectivity index is 1.66. The Morgan fingerprint density at radius 2 is 1.48 bits per heavy atom. The van der Waals surface area contributed by atoms with Crippen molar-refractivity contribution in [1.29, 1.82) is 0 Å². The number of rotatable bonds is 5. The van der Waals surface area contributed by atoms with Gasteiger partial charge in [0, 0.05) is 12.0 Å². The summed E-state index contributed by atoms with van der Waals surface area (Å²) in [6, 6.07) is 24.9. The predicted octanol–water partition coefficient (Wildman–Crippen LogP) is 3.15. The third-order valence-corrected chi connectivity index (χ3v) is 4.26. The molecule has 25 heavy (non-hydrogen) atoms. The number of tetrazole rings is 1. The number of benzene rings is 2. The van der Waals surface area contributed by atoms with Gasteiger partial charge in [-0.3, -0.25) is 0 Å². The molecule has 4 aromatic rings. The molecule has 1 N–H and O–H groups in total. The van der Waals surface area contributed by atoms with Gasteiger partial charge in [-0.2, -0.15) is 0 Å². The van der Waals surface area contributed by atoms with Gasteiger partial charge in [-0.15, -0.1) is 14.8 Å². The molecule has 0 amide bonds. The van der Waals surface area contributed by atoms with Crippen LogP contribution in [0.15, 0.2) is 72.8 Å². The van der Waals surface area contributed by atoms with Gasteiger partial charge in [-0.05, 0) is 40.6 Å². The first-order valence-electron chi connectivity index (χ1n) is 8.23. The van der Waals surface area contributed by atoms with E-state index in [0.717, 1.165) is 5.82 Å². The first-order chi connectivity index (χ1) is 12.3. The number of aromatic nitrogens is 5. The van der Waals surface area contributed by atoms with Crippen molar-refractivity contribution >= 4 is 11.5 Å². The highest BCUT2D eigenvalue weighted by Gasteiger charge is 2.21. The van der Waals surface area contributed by atoms with Crippen molar-refractivity contribution in [2.75, 3.05) is 5.32 Å². The molecule has 0 aliphatic rings. The van der Waals surface area contributed by atoms with Crippen LogP contribution in [0.1, 0.15) is 24.0 Å². The lowest BCUT2D eigenvalue weighted by Gasteiger charge is -2.26. The molecule has 0 spiro atoms. The van der Waals surface area contributed by atoms with Crippen molar-refractivity contribution in [2.24, 2.45) is 0 Å². The molecule has 6 heteroatoms. The Morgan fingerprint density at radius 3 is 2.12 bits per heavy atom. The zero-order valence-electron chi connectivity index (χ0n) is 13.8. The zero-order valence-corrected chi connectivity index (χ0v) is 13.8. The van der Waals surface area contributed by atoms with Gasteiger partial charge in [-0.25, -0.2) is 0 Å². The summed E-state index contributed by atoms with van der Waals surface area (Å²) in [7, 11) is 0. The van der Waals surface area contributed by atoms with E-state index in [1.165, 1.54) is 15.8 Å². The molecule has 0 bridgehead atoms. The number of hydrogen-bond acceptors (Lipinski definition) is 5. The Morgan fingerprint density at radius 1 is 0.840 bits per heavy atom. The lowest BCUT2D eigenvalue weighted by atomic mass is 9.86. The molecule has 0 unspecified atom stereocenters. The summed E-state index contributed by atoms with van der Waals surface area (Å²) in [6.45, 7) is 2.16. The minimum atomic E-state index is 0.131. The largest absolute Gasteiger partial charge is 0.365 e. The van der Waals surface area contributed by atoms with Gasteiger partial charge >= 0.3 is 0 Å². The summed E-state index contributed by atoms with van der Waals surface area (Å²) >= 11 is 0. The molecular formula is C19H18N6. The minimum Gasteiger partial charge on any atom is -0.365 e. The number of nitrogens with zero attached hydrogens (tertiary/aromatic N) is 5. The van der Waals surface area contributed by atoms with Crippen LogP contribution in [0.3, 0.4) is 0 Å². The highest BCUT2D eigenvalue weighted by atomic mass is 15.6. The van der Waals surface area contributed by atoms with Crippen LogP contribution in [0.5, 0.6) is 0 Å². The van der Waals surface area contributed by atoms with Crippen LogP contribution in [0.2, 0.25) is 0 Å². The Bertz CT molecular complexity index is 912. The van der Waals surface area contributed by atoms with Gasteiger partial charge in [0.15, 0.2) is 5.65 Å². The molecule has 2 aromatic heterocycles. The van der Waals surface area contributed by atoms with E-state index in [2.05, 4.69) is 81.4 Å². The fourth-order valence-corrected chi connectivity index (χ4v) is 3.13. The van der Waals surface area contributed by atoms with Crippen molar-refractivity contribution in [3.05, 3.63) is 83.9 Å². The van der Waals surface area contributed by atoms with Gasteiger partial charge < -0.3 is 5.32 Å². The van der Waals surface area contributed by atoms with Gasteiger partial charge in [0.1, 0.15) is 5.82 Å². The van der Waals surface area contributed by atoms with Crippen LogP contribution >= 0.6 is 0 Å². The molecule has 124 valence electrons. The van der Waals surface area contributed by atoms with E-state index < -0.39 is 0 Å². The van der Waals surface area contributed by atoms with Crippen molar-refractivity contribution < 1.29 is 0 Å². The average molecular weight is 330 g/mol. The average Bonchev–Trinajstić information content (AvgIpc) is 3.11. The molecule has 0 saturated carbocycles. The third-order valence-electron chi connectivity index (χ3n) is 4.26. The first-order valence-corrected chi connectivity index (χ1v) is 8.23. The quantitative estimate of drug-likeness (QED) is 0.609. The third kappa shape index (κ3) is 3.19. The monoisotopic (exact) mass is 330 g/mol. The fraction of sp³-hybridized carbons (Fsp3) is 0.158. The van der Waals surface area contributed by atoms with Crippen molar-refractivity contribution in [3.8, 4) is 0 Å². The van der Waals surface area contributed by atoms with Crippen LogP contribution in [0, 0.1) is 0 Å². The topological polar surface area (TPSA) is 68.0 Å². The van der Waals surface area contributed by atoms with Crippen molar-refractivity contribution in [2.45, 2.75) is 18.9 Å². The summed E-state index contributed by atoms with van der Waals surface area (Å²) < 4.78 is 1.43. The summed E-state index contributed by atoms with van der Waals surface area (Å²) in [5.74, 6) is 0.943. The smallest absolute Gasteiger partial charge is 0.200 e. The molecule has 0 saturated heterocycles. The maximum atomic E-state index is 4.41. The van der Waals surface area contributed by atoms with E-state index in [9.17, 15) is 0 Å². The SMILES string of the molecule is C[C@H](Nc1ccc2nnnn2n1)C(c1ccccc1)c1ccccc1. The highest BCUT2D eigenvalue weighted by molar-refractivity contribution is 5.45. The maximum absolute atomic E-state index is 4.41. The van der Waals surface area contributed by atoms with Crippen LogP contribution in [0.4, 0.5) is 5.82 Å². The zero-order chi connectivity index (χ0) is 17.1. The summed E-state index contributed by atoms with van der Waals surface area (Å²) in [5, 5.41) is 19.3. The highest BCUT2D eigenvalue weighted by Crippen LogP contribution is 2.29. The van der Waals surface area contributed by atoms with Crippen LogP contribution < -0.4 is 5.32 Å². The summed E-state index contributed by atoms with van der Waals surface area (Å²) in [5.41, 5.74) is 3.15. The maximum Gasteiger partial charge on any atom is 0.200 e. The lowest BCUT2D eigenvalue weighted by Crippen LogP contribution is -2.26. The number of hydrogen-bond donors (Lipinski definition) is 1. The fourth-order valence-electron chi connectivity index (χ4n) is 3.13. The van der Waals surface area contributed by atoms with E-state index in [1.54, 1.807) is 0 Å². The number of fused-ring (bicyclic) bond motifs is 1. The first kappa shape index (κ1) is 15.3. The van der Waals surface area contributed by atoms with Crippen LogP contribution in [-0.4, -0.2) is 31.3 Å². The van der Waals surface area contributed by atoms with Gasteiger partial charge in [0.05, 0.1) is 0 Å². The second-order valence-electron chi connectivity index (χ2n) is 5.98. The van der Waals surface area contributed by atoms with E-state index >= 15 is 0 Å². The van der Waals surface area contributed by atoms with Crippen molar-refractivity contribution in [1.82, 2.24) is 25.3 Å². The van der Waals surface area contributed by atoms with E-state index in [-0.39, 0.29) is 12.0 Å².